The number of hydrogen-bond acceptors (Lipinski definition) is 6. The Hall–Kier alpha value is -3.98. The van der Waals surface area contributed by atoms with Gasteiger partial charge in [-0.2, -0.15) is 21.6 Å². The smallest absolute Gasteiger partial charge is 0.471 e. The maximum Gasteiger partial charge on any atom is 0.471 e. The Bertz CT molecular complexity index is 1390. The molecule has 0 heterocycles. The lowest BCUT2D eigenvalue weighted by molar-refractivity contribution is -0.173. The number of rotatable bonds is 10. The lowest BCUT2D eigenvalue weighted by atomic mass is 9.94. The summed E-state index contributed by atoms with van der Waals surface area (Å²) in [7, 11) is -4.75. The Morgan fingerprint density at radius 2 is 1.32 bits per heavy atom. The van der Waals surface area contributed by atoms with E-state index in [-0.39, 0.29) is 44.5 Å². The quantitative estimate of drug-likeness (QED) is 0.236. The van der Waals surface area contributed by atoms with E-state index in [1.54, 1.807) is 17.5 Å². The number of carboxylic acids is 1. The van der Waals surface area contributed by atoms with Crippen molar-refractivity contribution < 1.29 is 50.4 Å². The molecule has 0 bridgehead atoms. The molecule has 5 N–H and O–H groups in total. The third-order valence-corrected chi connectivity index (χ3v) is 7.49. The summed E-state index contributed by atoms with van der Waals surface area (Å²) in [6.07, 6.45) is 7.14. The zero-order valence-electron chi connectivity index (χ0n) is 21.5. The fourth-order valence-corrected chi connectivity index (χ4v) is 5.03. The molecular formula is C26H28F3N3O8S. The fourth-order valence-electron chi connectivity index (χ4n) is 4.21. The number of aliphatic carboxylic acids is 1. The summed E-state index contributed by atoms with van der Waals surface area (Å²) in [6.45, 7) is -0.545. The molecule has 0 aromatic rings. The van der Waals surface area contributed by atoms with Crippen molar-refractivity contribution in [3.05, 3.63) is 70.2 Å². The lowest BCUT2D eigenvalue weighted by Crippen LogP contribution is -2.38. The van der Waals surface area contributed by atoms with Crippen molar-refractivity contribution in [3.63, 3.8) is 0 Å². The van der Waals surface area contributed by atoms with Gasteiger partial charge in [-0.05, 0) is 36.0 Å². The highest BCUT2D eigenvalue weighted by atomic mass is 32.2. The number of halogens is 3. The minimum Gasteiger partial charge on any atom is -0.481 e. The molecular weight excluding hydrogens is 571 g/mol. The molecule has 15 heteroatoms. The summed E-state index contributed by atoms with van der Waals surface area (Å²) in [5, 5.41) is 16.0. The maximum atomic E-state index is 12.7. The van der Waals surface area contributed by atoms with Gasteiger partial charge < -0.3 is 21.1 Å². The highest BCUT2D eigenvalue weighted by molar-refractivity contribution is 7.90. The van der Waals surface area contributed by atoms with Crippen molar-refractivity contribution in [2.24, 2.45) is 17.8 Å². The molecule has 3 rings (SSSR count). The SMILES string of the molecule is O=C(O)C1C=CC(CNC(=O)C2C=C(S(=O)(=O)O)C(CNC(=O)C3C=CC(CNC(=O)C(F)(F)F)=CC3)=CC2)=CC1. The zero-order valence-corrected chi connectivity index (χ0v) is 22.3. The number of carbonyl (C=O) groups is 4. The van der Waals surface area contributed by atoms with E-state index < -0.39 is 62.6 Å². The van der Waals surface area contributed by atoms with Gasteiger partial charge in [0.1, 0.15) is 0 Å². The molecule has 0 aromatic heterocycles. The average Bonchev–Trinajstić information content (AvgIpc) is 2.92. The number of carbonyl (C=O) groups excluding carboxylic acids is 3. The minimum atomic E-state index is -5.01. The number of alkyl halides is 3. The maximum absolute atomic E-state index is 12.7. The molecule has 11 nitrogen and oxygen atoms in total. The topological polar surface area (TPSA) is 179 Å². The van der Waals surface area contributed by atoms with Crippen LogP contribution in [-0.4, -0.2) is 67.6 Å². The van der Waals surface area contributed by atoms with E-state index >= 15 is 0 Å². The molecule has 0 aliphatic heterocycles. The predicted molar refractivity (Wildman–Crippen MR) is 139 cm³/mol. The standard InChI is InChI=1S/C26H28F3N3O8S/c27-26(28,29)25(37)32-13-16-1-5-17(6-2-16)22(33)31-14-20-10-9-19(11-21(20)41(38,39)40)23(34)30-12-15-3-7-18(8-4-15)24(35)36/h1-5,7,10-11,17-19H,6,8-9,12-14H2,(H,30,34)(H,31,33)(H,32,37)(H,35,36)(H,38,39,40). The van der Waals surface area contributed by atoms with Crippen molar-refractivity contribution in [1.82, 2.24) is 16.0 Å². The van der Waals surface area contributed by atoms with Crippen molar-refractivity contribution in [1.29, 1.82) is 0 Å². The highest BCUT2D eigenvalue weighted by Gasteiger charge is 2.38. The average molecular weight is 600 g/mol. The Labute approximate surface area is 233 Å². The lowest BCUT2D eigenvalue weighted by Gasteiger charge is -2.22. The van der Waals surface area contributed by atoms with Crippen LogP contribution >= 0.6 is 0 Å². The third kappa shape index (κ3) is 9.01. The minimum absolute atomic E-state index is 0.0772. The predicted octanol–water partition coefficient (Wildman–Crippen LogP) is 1.70. The van der Waals surface area contributed by atoms with E-state index in [1.807, 2.05) is 0 Å². The first-order valence-electron chi connectivity index (χ1n) is 12.4. The molecule has 3 aliphatic carbocycles. The number of hydrogen-bond donors (Lipinski definition) is 5. The first kappa shape index (κ1) is 31.5. The van der Waals surface area contributed by atoms with Gasteiger partial charge in [0, 0.05) is 19.6 Å². The van der Waals surface area contributed by atoms with Crippen LogP contribution in [0.25, 0.3) is 0 Å². The van der Waals surface area contributed by atoms with Crippen LogP contribution < -0.4 is 16.0 Å². The van der Waals surface area contributed by atoms with E-state index in [1.165, 1.54) is 30.4 Å². The van der Waals surface area contributed by atoms with Gasteiger partial charge in [-0.15, -0.1) is 0 Å². The molecule has 222 valence electrons. The molecule has 0 saturated carbocycles. The van der Waals surface area contributed by atoms with Crippen LogP contribution in [0.1, 0.15) is 19.3 Å². The van der Waals surface area contributed by atoms with Crippen LogP contribution in [0.2, 0.25) is 0 Å². The normalized spacial score (nSPS) is 22.5. The summed E-state index contributed by atoms with van der Waals surface area (Å²) in [6, 6.07) is 0. The van der Waals surface area contributed by atoms with E-state index in [9.17, 15) is 45.3 Å². The molecule has 0 aromatic carbocycles. The van der Waals surface area contributed by atoms with E-state index in [2.05, 4.69) is 10.6 Å². The molecule has 0 fully saturated rings. The van der Waals surface area contributed by atoms with Crippen LogP contribution in [0.4, 0.5) is 13.2 Å². The summed E-state index contributed by atoms with van der Waals surface area (Å²) in [5.74, 6) is -6.32. The third-order valence-electron chi connectivity index (χ3n) is 6.54. The van der Waals surface area contributed by atoms with Gasteiger partial charge in [-0.3, -0.25) is 23.7 Å². The first-order valence-corrected chi connectivity index (χ1v) is 13.9. The first-order chi connectivity index (χ1) is 19.1. The van der Waals surface area contributed by atoms with Crippen molar-refractivity contribution in [3.8, 4) is 0 Å². The molecule has 0 saturated heterocycles. The second-order valence-electron chi connectivity index (χ2n) is 9.49. The largest absolute Gasteiger partial charge is 0.481 e. The van der Waals surface area contributed by atoms with E-state index in [4.69, 9.17) is 5.11 Å². The van der Waals surface area contributed by atoms with Crippen LogP contribution in [-0.2, 0) is 29.3 Å². The van der Waals surface area contributed by atoms with Gasteiger partial charge in [0.25, 0.3) is 10.1 Å². The van der Waals surface area contributed by atoms with Crippen molar-refractivity contribution >= 4 is 33.8 Å². The van der Waals surface area contributed by atoms with Gasteiger partial charge >= 0.3 is 18.1 Å². The molecule has 3 atom stereocenters. The van der Waals surface area contributed by atoms with Crippen LogP contribution in [0.5, 0.6) is 0 Å². The molecule has 0 spiro atoms. The zero-order chi connectivity index (χ0) is 30.4. The summed E-state index contributed by atoms with van der Waals surface area (Å²) in [4.78, 5) is 46.7. The summed E-state index contributed by atoms with van der Waals surface area (Å²) in [5.41, 5.74) is 1.14. The van der Waals surface area contributed by atoms with E-state index in [0.717, 1.165) is 6.08 Å². The van der Waals surface area contributed by atoms with E-state index in [0.29, 0.717) is 11.1 Å². The van der Waals surface area contributed by atoms with Crippen LogP contribution in [0.15, 0.2) is 70.2 Å². The number of amides is 3. The second-order valence-corrected chi connectivity index (χ2v) is 10.9. The van der Waals surface area contributed by atoms with Crippen molar-refractivity contribution in [2.45, 2.75) is 25.4 Å². The second kappa shape index (κ2) is 13.1. The highest BCUT2D eigenvalue weighted by Crippen LogP contribution is 2.27. The van der Waals surface area contributed by atoms with Crippen LogP contribution in [0.3, 0.4) is 0 Å². The number of nitrogens with one attached hydrogen (secondary N) is 3. The molecule has 3 unspecified atom stereocenters. The molecule has 3 amide bonds. The fraction of sp³-hybridized carbons (Fsp3) is 0.385. The summed E-state index contributed by atoms with van der Waals surface area (Å²) < 4.78 is 70.7. The van der Waals surface area contributed by atoms with Gasteiger partial charge in [0.2, 0.25) is 11.8 Å². The van der Waals surface area contributed by atoms with Gasteiger partial charge in [-0.25, -0.2) is 0 Å². The van der Waals surface area contributed by atoms with Gasteiger partial charge in [0.05, 0.1) is 22.7 Å². The van der Waals surface area contributed by atoms with Gasteiger partial charge in [0.15, 0.2) is 0 Å². The number of carboxylic acid groups (broad SMARTS) is 1. The Balaban J connectivity index is 1.52. The molecule has 41 heavy (non-hydrogen) atoms. The number of allylic oxidation sites excluding steroid dienone is 3. The van der Waals surface area contributed by atoms with Gasteiger partial charge in [-0.1, -0.05) is 48.6 Å². The van der Waals surface area contributed by atoms with Crippen molar-refractivity contribution in [2.75, 3.05) is 19.6 Å². The Kier molecular flexibility index (Phi) is 10.1. The summed E-state index contributed by atoms with van der Waals surface area (Å²) >= 11 is 0. The Morgan fingerprint density at radius 3 is 1.83 bits per heavy atom. The molecule has 0 radical (unpaired) electrons. The molecule has 3 aliphatic rings. The monoisotopic (exact) mass is 599 g/mol. The van der Waals surface area contributed by atoms with Crippen LogP contribution in [0, 0.1) is 17.8 Å². The Morgan fingerprint density at radius 1 is 0.805 bits per heavy atom.